The fourth-order valence-electron chi connectivity index (χ4n) is 2.52. The average Bonchev–Trinajstić information content (AvgIpc) is 2.59. The Morgan fingerprint density at radius 1 is 1.26 bits per heavy atom. The van der Waals surface area contributed by atoms with Crippen LogP contribution in [-0.4, -0.2) is 50.4 Å². The van der Waals surface area contributed by atoms with Crippen LogP contribution in [0.2, 0.25) is 0 Å². The van der Waals surface area contributed by atoms with Gasteiger partial charge in [-0.15, -0.1) is 0 Å². The number of methoxy groups -OCH3 is 1. The van der Waals surface area contributed by atoms with Gasteiger partial charge in [0.15, 0.2) is 0 Å². The van der Waals surface area contributed by atoms with Gasteiger partial charge in [-0.3, -0.25) is 9.59 Å². The molecule has 23 heavy (non-hydrogen) atoms. The number of esters is 1. The molecule has 3 N–H and O–H groups in total. The van der Waals surface area contributed by atoms with Crippen molar-refractivity contribution in [3.63, 3.8) is 0 Å². The first kappa shape index (κ1) is 17.1. The standard InChI is InChI=1S/C16H22N2O5/c1-22-15(21)16(6-8-23-9-7-16)11-18-14(20)10-17-12-2-4-13(19)5-3-12/h2-5,17,19H,6-11H2,1H3,(H,18,20). The highest BCUT2D eigenvalue weighted by atomic mass is 16.5. The lowest BCUT2D eigenvalue weighted by molar-refractivity contribution is -0.158. The zero-order valence-corrected chi connectivity index (χ0v) is 13.1. The van der Waals surface area contributed by atoms with E-state index < -0.39 is 5.41 Å². The number of carbonyl (C=O) groups excluding carboxylic acids is 2. The molecule has 7 nitrogen and oxygen atoms in total. The van der Waals surface area contributed by atoms with Crippen molar-refractivity contribution in [2.45, 2.75) is 12.8 Å². The number of hydrogen-bond donors (Lipinski definition) is 3. The molecule has 0 atom stereocenters. The Labute approximate surface area is 135 Å². The Morgan fingerprint density at radius 3 is 2.52 bits per heavy atom. The van der Waals surface area contributed by atoms with Gasteiger partial charge in [0.1, 0.15) is 5.75 Å². The van der Waals surface area contributed by atoms with Crippen molar-refractivity contribution in [1.82, 2.24) is 5.32 Å². The van der Waals surface area contributed by atoms with Crippen molar-refractivity contribution in [3.8, 4) is 5.75 Å². The summed E-state index contributed by atoms with van der Waals surface area (Å²) < 4.78 is 10.2. The molecular formula is C16H22N2O5. The Hall–Kier alpha value is -2.28. The minimum absolute atomic E-state index is 0.0819. The number of amides is 1. The first-order valence-corrected chi connectivity index (χ1v) is 7.51. The maximum Gasteiger partial charge on any atom is 0.313 e. The molecule has 1 fully saturated rings. The van der Waals surface area contributed by atoms with Gasteiger partial charge in [-0.1, -0.05) is 0 Å². The third-order valence-corrected chi connectivity index (χ3v) is 4.01. The molecule has 0 aromatic heterocycles. The van der Waals surface area contributed by atoms with Crippen LogP contribution >= 0.6 is 0 Å². The molecule has 2 rings (SSSR count). The number of anilines is 1. The predicted octanol–water partition coefficient (Wildman–Crippen LogP) is 0.890. The fraction of sp³-hybridized carbons (Fsp3) is 0.500. The lowest BCUT2D eigenvalue weighted by atomic mass is 9.80. The Kier molecular flexibility index (Phi) is 5.81. The third kappa shape index (κ3) is 4.59. The Bertz CT molecular complexity index is 538. The number of aromatic hydroxyl groups is 1. The number of hydrogen-bond acceptors (Lipinski definition) is 6. The van der Waals surface area contributed by atoms with Crippen molar-refractivity contribution < 1.29 is 24.2 Å². The molecule has 126 valence electrons. The Balaban J connectivity index is 1.84. The number of benzene rings is 1. The number of phenolic OH excluding ortho intramolecular Hbond substituents is 1. The molecule has 0 saturated carbocycles. The summed E-state index contributed by atoms with van der Waals surface area (Å²) in [4.78, 5) is 24.0. The van der Waals surface area contributed by atoms with Gasteiger partial charge in [0.25, 0.3) is 0 Å². The monoisotopic (exact) mass is 322 g/mol. The van der Waals surface area contributed by atoms with Crippen LogP contribution in [0.1, 0.15) is 12.8 Å². The molecule has 0 spiro atoms. The van der Waals surface area contributed by atoms with Crippen molar-refractivity contribution in [2.24, 2.45) is 5.41 Å². The second kappa shape index (κ2) is 7.82. The normalized spacial score (nSPS) is 16.4. The third-order valence-electron chi connectivity index (χ3n) is 4.01. The molecule has 0 radical (unpaired) electrons. The van der Waals surface area contributed by atoms with Gasteiger partial charge < -0.3 is 25.2 Å². The fourth-order valence-corrected chi connectivity index (χ4v) is 2.52. The molecule has 1 heterocycles. The second-order valence-corrected chi connectivity index (χ2v) is 5.56. The lowest BCUT2D eigenvalue weighted by Gasteiger charge is -2.34. The van der Waals surface area contributed by atoms with Crippen LogP contribution in [0.25, 0.3) is 0 Å². The molecule has 0 bridgehead atoms. The van der Waals surface area contributed by atoms with Crippen LogP contribution in [0, 0.1) is 5.41 Å². The van der Waals surface area contributed by atoms with Gasteiger partial charge in [-0.25, -0.2) is 0 Å². The van der Waals surface area contributed by atoms with E-state index in [0.717, 1.165) is 5.69 Å². The Morgan fingerprint density at radius 2 is 1.91 bits per heavy atom. The molecule has 1 aromatic rings. The highest BCUT2D eigenvalue weighted by Gasteiger charge is 2.41. The zero-order valence-electron chi connectivity index (χ0n) is 13.1. The SMILES string of the molecule is COC(=O)C1(CNC(=O)CNc2ccc(O)cc2)CCOCC1. The number of nitrogens with one attached hydrogen (secondary N) is 2. The molecule has 1 saturated heterocycles. The van der Waals surface area contributed by atoms with E-state index in [1.165, 1.54) is 19.2 Å². The molecular weight excluding hydrogens is 300 g/mol. The van der Waals surface area contributed by atoms with Gasteiger partial charge in [0.2, 0.25) is 5.91 Å². The summed E-state index contributed by atoms with van der Waals surface area (Å²) in [6, 6.07) is 6.43. The maximum atomic E-state index is 12.0. The van der Waals surface area contributed by atoms with Crippen molar-refractivity contribution >= 4 is 17.6 Å². The average molecular weight is 322 g/mol. The van der Waals surface area contributed by atoms with E-state index in [9.17, 15) is 14.7 Å². The van der Waals surface area contributed by atoms with Crippen LogP contribution < -0.4 is 10.6 Å². The highest BCUT2D eigenvalue weighted by molar-refractivity contribution is 5.82. The summed E-state index contributed by atoms with van der Waals surface area (Å²) in [5, 5.41) is 14.9. The highest BCUT2D eigenvalue weighted by Crippen LogP contribution is 2.31. The number of phenols is 1. The number of rotatable bonds is 6. The van der Waals surface area contributed by atoms with Crippen molar-refractivity contribution in [3.05, 3.63) is 24.3 Å². The first-order valence-electron chi connectivity index (χ1n) is 7.51. The predicted molar refractivity (Wildman–Crippen MR) is 84.1 cm³/mol. The van der Waals surface area contributed by atoms with E-state index in [2.05, 4.69) is 10.6 Å². The molecule has 1 aromatic carbocycles. The summed E-state index contributed by atoms with van der Waals surface area (Å²) in [7, 11) is 1.35. The van der Waals surface area contributed by atoms with E-state index >= 15 is 0 Å². The molecule has 7 heteroatoms. The van der Waals surface area contributed by atoms with E-state index in [4.69, 9.17) is 9.47 Å². The molecule has 0 unspecified atom stereocenters. The summed E-state index contributed by atoms with van der Waals surface area (Å²) >= 11 is 0. The smallest absolute Gasteiger partial charge is 0.313 e. The quantitative estimate of drug-likeness (QED) is 0.532. The van der Waals surface area contributed by atoms with Gasteiger partial charge in [0.05, 0.1) is 19.1 Å². The summed E-state index contributed by atoms with van der Waals surface area (Å²) in [5.41, 5.74) is 0.0213. The second-order valence-electron chi connectivity index (χ2n) is 5.56. The van der Waals surface area contributed by atoms with Gasteiger partial charge >= 0.3 is 5.97 Å². The first-order chi connectivity index (χ1) is 11.1. The molecule has 0 aliphatic carbocycles. The van der Waals surface area contributed by atoms with Crippen LogP contribution in [0.3, 0.4) is 0 Å². The molecule has 1 aliphatic heterocycles. The lowest BCUT2D eigenvalue weighted by Crippen LogP contribution is -2.48. The topological polar surface area (TPSA) is 96.9 Å². The number of ether oxygens (including phenoxy) is 2. The molecule has 1 amide bonds. The minimum atomic E-state index is -0.707. The van der Waals surface area contributed by atoms with Crippen molar-refractivity contribution in [2.75, 3.05) is 38.7 Å². The molecule has 1 aliphatic rings. The van der Waals surface area contributed by atoms with E-state index in [-0.39, 0.29) is 30.7 Å². The zero-order chi connectivity index (χ0) is 16.7. The van der Waals surface area contributed by atoms with Gasteiger partial charge in [-0.2, -0.15) is 0 Å². The largest absolute Gasteiger partial charge is 0.508 e. The van der Waals surface area contributed by atoms with Gasteiger partial charge in [-0.05, 0) is 37.1 Å². The van der Waals surface area contributed by atoms with E-state index in [1.54, 1.807) is 12.1 Å². The van der Waals surface area contributed by atoms with Crippen LogP contribution in [-0.2, 0) is 19.1 Å². The summed E-state index contributed by atoms with van der Waals surface area (Å²) in [6.45, 7) is 1.28. The van der Waals surface area contributed by atoms with Crippen molar-refractivity contribution in [1.29, 1.82) is 0 Å². The van der Waals surface area contributed by atoms with Crippen LogP contribution in [0.15, 0.2) is 24.3 Å². The summed E-state index contributed by atoms with van der Waals surface area (Å²) in [5.74, 6) is -0.361. The maximum absolute atomic E-state index is 12.0. The van der Waals surface area contributed by atoms with Crippen LogP contribution in [0.4, 0.5) is 5.69 Å². The number of carbonyl (C=O) groups is 2. The van der Waals surface area contributed by atoms with E-state index in [1.807, 2.05) is 0 Å². The summed E-state index contributed by atoms with van der Waals surface area (Å²) in [6.07, 6.45) is 1.07. The van der Waals surface area contributed by atoms with Crippen LogP contribution in [0.5, 0.6) is 5.75 Å². The van der Waals surface area contributed by atoms with Gasteiger partial charge in [0, 0.05) is 25.4 Å². The minimum Gasteiger partial charge on any atom is -0.508 e. The van der Waals surface area contributed by atoms with E-state index in [0.29, 0.717) is 26.1 Å².